The average Bonchev–Trinajstić information content (AvgIpc) is 2.42. The topological polar surface area (TPSA) is 17.8 Å². The summed E-state index contributed by atoms with van der Waals surface area (Å²) in [6, 6.07) is 0. The standard InChI is InChI=1S/C8H12N2/c1-2-10-6-7-4-3-5-8(7)9-10/h6H,2-5H2,1H3. The van der Waals surface area contributed by atoms with E-state index in [2.05, 4.69) is 18.2 Å². The molecule has 0 bridgehead atoms. The van der Waals surface area contributed by atoms with Gasteiger partial charge < -0.3 is 0 Å². The highest BCUT2D eigenvalue weighted by atomic mass is 15.3. The van der Waals surface area contributed by atoms with Crippen LogP contribution in [0, 0.1) is 0 Å². The van der Waals surface area contributed by atoms with E-state index in [1.807, 2.05) is 4.68 Å². The third-order valence-corrected chi connectivity index (χ3v) is 2.11. The monoisotopic (exact) mass is 136 g/mol. The molecule has 0 radical (unpaired) electrons. The number of hydrogen-bond acceptors (Lipinski definition) is 1. The Kier molecular flexibility index (Phi) is 1.26. The Hall–Kier alpha value is -0.790. The molecule has 1 aromatic rings. The fraction of sp³-hybridized carbons (Fsp3) is 0.625. The van der Waals surface area contributed by atoms with Crippen LogP contribution in [0.15, 0.2) is 6.20 Å². The number of aromatic nitrogens is 2. The van der Waals surface area contributed by atoms with Crippen LogP contribution in [-0.2, 0) is 19.4 Å². The number of nitrogens with zero attached hydrogens (tertiary/aromatic N) is 2. The quantitative estimate of drug-likeness (QED) is 0.570. The molecule has 2 heteroatoms. The molecule has 2 rings (SSSR count). The Labute approximate surface area is 60.9 Å². The molecule has 0 saturated heterocycles. The smallest absolute Gasteiger partial charge is 0.0656 e. The van der Waals surface area contributed by atoms with Crippen LogP contribution >= 0.6 is 0 Å². The van der Waals surface area contributed by atoms with Gasteiger partial charge in [-0.05, 0) is 31.7 Å². The van der Waals surface area contributed by atoms with Crippen molar-refractivity contribution in [2.45, 2.75) is 32.7 Å². The van der Waals surface area contributed by atoms with Crippen molar-refractivity contribution in [1.82, 2.24) is 9.78 Å². The van der Waals surface area contributed by atoms with Gasteiger partial charge in [0.25, 0.3) is 0 Å². The van der Waals surface area contributed by atoms with Gasteiger partial charge in [-0.2, -0.15) is 5.10 Å². The molecule has 1 aliphatic rings. The van der Waals surface area contributed by atoms with E-state index >= 15 is 0 Å². The van der Waals surface area contributed by atoms with Crippen molar-refractivity contribution in [3.8, 4) is 0 Å². The lowest BCUT2D eigenvalue weighted by Crippen LogP contribution is -1.95. The molecule has 0 amide bonds. The molecule has 0 N–H and O–H groups in total. The lowest BCUT2D eigenvalue weighted by molar-refractivity contribution is 0.640. The highest BCUT2D eigenvalue weighted by Gasteiger charge is 2.13. The van der Waals surface area contributed by atoms with E-state index in [-0.39, 0.29) is 0 Å². The van der Waals surface area contributed by atoms with E-state index in [4.69, 9.17) is 0 Å². The van der Waals surface area contributed by atoms with Gasteiger partial charge in [0.05, 0.1) is 5.69 Å². The minimum atomic E-state index is 1.01. The second kappa shape index (κ2) is 2.11. The van der Waals surface area contributed by atoms with E-state index in [0.29, 0.717) is 0 Å². The first kappa shape index (κ1) is 5.96. The molecule has 0 spiro atoms. The molecule has 0 unspecified atom stereocenters. The molecule has 0 aromatic carbocycles. The van der Waals surface area contributed by atoms with Crippen LogP contribution in [-0.4, -0.2) is 9.78 Å². The van der Waals surface area contributed by atoms with E-state index < -0.39 is 0 Å². The van der Waals surface area contributed by atoms with Gasteiger partial charge in [-0.3, -0.25) is 4.68 Å². The lowest BCUT2D eigenvalue weighted by atomic mass is 10.3. The maximum absolute atomic E-state index is 4.43. The number of rotatable bonds is 1. The fourth-order valence-electron chi connectivity index (χ4n) is 1.53. The minimum Gasteiger partial charge on any atom is -0.272 e. The molecule has 1 aromatic heterocycles. The highest BCUT2D eigenvalue weighted by molar-refractivity contribution is 5.21. The molecule has 0 saturated carbocycles. The van der Waals surface area contributed by atoms with Crippen molar-refractivity contribution >= 4 is 0 Å². The van der Waals surface area contributed by atoms with Gasteiger partial charge in [0.2, 0.25) is 0 Å². The average molecular weight is 136 g/mol. The number of fused-ring (bicyclic) bond motifs is 1. The molecular weight excluding hydrogens is 124 g/mol. The normalized spacial score (nSPS) is 15.7. The summed E-state index contributed by atoms with van der Waals surface area (Å²) in [5, 5.41) is 4.43. The van der Waals surface area contributed by atoms with E-state index in [9.17, 15) is 0 Å². The summed E-state index contributed by atoms with van der Waals surface area (Å²) in [7, 11) is 0. The number of aryl methyl sites for hydroxylation is 3. The second-order valence-corrected chi connectivity index (χ2v) is 2.81. The molecule has 2 nitrogen and oxygen atoms in total. The largest absolute Gasteiger partial charge is 0.272 e. The van der Waals surface area contributed by atoms with Crippen molar-refractivity contribution in [2.24, 2.45) is 0 Å². The van der Waals surface area contributed by atoms with E-state index in [1.54, 1.807) is 0 Å². The highest BCUT2D eigenvalue weighted by Crippen LogP contribution is 2.19. The second-order valence-electron chi connectivity index (χ2n) is 2.81. The van der Waals surface area contributed by atoms with Gasteiger partial charge in [0.15, 0.2) is 0 Å². The predicted octanol–water partition coefficient (Wildman–Crippen LogP) is 1.39. The summed E-state index contributed by atoms with van der Waals surface area (Å²) in [4.78, 5) is 0. The maximum Gasteiger partial charge on any atom is 0.0656 e. The van der Waals surface area contributed by atoms with Gasteiger partial charge in [0.1, 0.15) is 0 Å². The van der Waals surface area contributed by atoms with Crippen LogP contribution in [0.3, 0.4) is 0 Å². The van der Waals surface area contributed by atoms with Crippen molar-refractivity contribution < 1.29 is 0 Å². The van der Waals surface area contributed by atoms with Crippen molar-refractivity contribution in [1.29, 1.82) is 0 Å². The zero-order valence-corrected chi connectivity index (χ0v) is 6.30. The zero-order chi connectivity index (χ0) is 6.97. The summed E-state index contributed by atoms with van der Waals surface area (Å²) in [5.41, 5.74) is 2.81. The molecule has 0 atom stereocenters. The maximum atomic E-state index is 4.43. The van der Waals surface area contributed by atoms with Crippen LogP contribution in [0.25, 0.3) is 0 Å². The molecule has 0 aliphatic heterocycles. The van der Waals surface area contributed by atoms with Gasteiger partial charge in [-0.15, -0.1) is 0 Å². The SMILES string of the molecule is CCn1cc2c(n1)CCC2. The Morgan fingerprint density at radius 2 is 2.50 bits per heavy atom. The summed E-state index contributed by atoms with van der Waals surface area (Å²) < 4.78 is 2.03. The molecule has 54 valence electrons. The van der Waals surface area contributed by atoms with Crippen molar-refractivity contribution in [3.05, 3.63) is 17.5 Å². The first-order valence-corrected chi connectivity index (χ1v) is 3.95. The third-order valence-electron chi connectivity index (χ3n) is 2.11. The summed E-state index contributed by atoms with van der Waals surface area (Å²) in [6.07, 6.45) is 5.93. The molecule has 10 heavy (non-hydrogen) atoms. The van der Waals surface area contributed by atoms with Crippen LogP contribution in [0.2, 0.25) is 0 Å². The van der Waals surface area contributed by atoms with Crippen molar-refractivity contribution in [3.63, 3.8) is 0 Å². The van der Waals surface area contributed by atoms with E-state index in [1.165, 1.54) is 30.5 Å². The molecular formula is C8H12N2. The van der Waals surface area contributed by atoms with Crippen LogP contribution in [0.4, 0.5) is 0 Å². The Balaban J connectivity index is 2.37. The van der Waals surface area contributed by atoms with Gasteiger partial charge in [0, 0.05) is 12.7 Å². The summed E-state index contributed by atoms with van der Waals surface area (Å²) in [5.74, 6) is 0. The minimum absolute atomic E-state index is 1.01. The summed E-state index contributed by atoms with van der Waals surface area (Å²) in [6.45, 7) is 3.13. The van der Waals surface area contributed by atoms with Crippen LogP contribution < -0.4 is 0 Å². The Morgan fingerprint density at radius 3 is 3.20 bits per heavy atom. The lowest BCUT2D eigenvalue weighted by Gasteiger charge is -1.92. The van der Waals surface area contributed by atoms with Gasteiger partial charge in [-0.1, -0.05) is 0 Å². The molecule has 1 heterocycles. The fourth-order valence-corrected chi connectivity index (χ4v) is 1.53. The van der Waals surface area contributed by atoms with Gasteiger partial charge in [-0.25, -0.2) is 0 Å². The zero-order valence-electron chi connectivity index (χ0n) is 6.30. The van der Waals surface area contributed by atoms with Crippen LogP contribution in [0.1, 0.15) is 24.6 Å². The van der Waals surface area contributed by atoms with Gasteiger partial charge >= 0.3 is 0 Å². The van der Waals surface area contributed by atoms with E-state index in [0.717, 1.165) is 6.54 Å². The number of hydrogen-bond donors (Lipinski definition) is 0. The molecule has 1 aliphatic carbocycles. The third kappa shape index (κ3) is 0.753. The van der Waals surface area contributed by atoms with Crippen LogP contribution in [0.5, 0.6) is 0 Å². The predicted molar refractivity (Wildman–Crippen MR) is 39.9 cm³/mol. The molecule has 0 fully saturated rings. The summed E-state index contributed by atoms with van der Waals surface area (Å²) >= 11 is 0. The van der Waals surface area contributed by atoms with Crippen molar-refractivity contribution in [2.75, 3.05) is 0 Å². The Bertz CT molecular complexity index is 216. The first-order valence-electron chi connectivity index (χ1n) is 3.95. The Morgan fingerprint density at radius 1 is 1.60 bits per heavy atom. The first-order chi connectivity index (χ1) is 4.90.